The van der Waals surface area contributed by atoms with Crippen molar-refractivity contribution in [1.29, 1.82) is 0 Å². The van der Waals surface area contributed by atoms with Gasteiger partial charge in [-0.1, -0.05) is 80.3 Å². The molecule has 2 unspecified atom stereocenters. The summed E-state index contributed by atoms with van der Waals surface area (Å²) in [4.78, 5) is 68.2. The molecular formula is C36H32F3N3O6S2. The number of amides is 3. The number of hydrogen-bond donors (Lipinski definition) is 1. The molecule has 1 aromatic heterocycles. The molecule has 0 saturated carbocycles. The number of para-hydroxylation sites is 1. The van der Waals surface area contributed by atoms with Crippen molar-refractivity contribution in [3.05, 3.63) is 110 Å². The molecule has 3 atom stereocenters. The molecule has 260 valence electrons. The van der Waals surface area contributed by atoms with E-state index in [1.165, 1.54) is 36.4 Å². The van der Waals surface area contributed by atoms with E-state index >= 15 is 0 Å². The molecule has 0 spiro atoms. The predicted molar refractivity (Wildman–Crippen MR) is 184 cm³/mol. The largest absolute Gasteiger partial charge is 0.462 e. The van der Waals surface area contributed by atoms with Gasteiger partial charge >= 0.3 is 17.0 Å². The highest BCUT2D eigenvalue weighted by atomic mass is 32.2. The fraction of sp³-hybridized carbons (Fsp3) is 0.306. The van der Waals surface area contributed by atoms with Crippen LogP contribution in [0.15, 0.2) is 82.6 Å². The molecule has 0 aliphatic carbocycles. The van der Waals surface area contributed by atoms with Crippen LogP contribution in [-0.2, 0) is 37.3 Å². The molecule has 50 heavy (non-hydrogen) atoms. The maximum atomic E-state index is 14.2. The number of carbonyl (C=O) groups is 4. The van der Waals surface area contributed by atoms with Gasteiger partial charge in [0.25, 0.3) is 0 Å². The molecule has 0 radical (unpaired) electrons. The Morgan fingerprint density at radius 2 is 1.56 bits per heavy atom. The van der Waals surface area contributed by atoms with Gasteiger partial charge in [0.2, 0.25) is 17.7 Å². The molecule has 2 aliphatic heterocycles. The van der Waals surface area contributed by atoms with E-state index in [1.807, 2.05) is 24.3 Å². The monoisotopic (exact) mass is 723 g/mol. The van der Waals surface area contributed by atoms with Gasteiger partial charge in [-0.3, -0.25) is 23.7 Å². The Kier molecular flexibility index (Phi) is 9.29. The minimum atomic E-state index is -4.72. The van der Waals surface area contributed by atoms with Crippen molar-refractivity contribution in [2.45, 2.75) is 62.0 Å². The van der Waals surface area contributed by atoms with Crippen molar-refractivity contribution in [3.8, 4) is 0 Å². The van der Waals surface area contributed by atoms with Crippen LogP contribution in [0.1, 0.15) is 65.5 Å². The highest BCUT2D eigenvalue weighted by molar-refractivity contribution is 8.00. The molecule has 6 rings (SSSR count). The SMILES string of the molecule is CCOC(=O)c1ccc(N2C(=O)C3Sc4c(sc(=O)n4CC(=O)Nc4ccccc4C(F)(F)F)[C@H](c4ccc(C(C)(C)C)cc4)C3C2=O)cc1. The molecule has 1 N–H and O–H groups in total. The zero-order valence-electron chi connectivity index (χ0n) is 27.4. The first-order chi connectivity index (χ1) is 23.6. The molecule has 3 amide bonds. The van der Waals surface area contributed by atoms with E-state index in [9.17, 15) is 37.1 Å². The third-order valence-electron chi connectivity index (χ3n) is 8.63. The lowest BCUT2D eigenvalue weighted by atomic mass is 9.81. The first-order valence-corrected chi connectivity index (χ1v) is 17.4. The highest BCUT2D eigenvalue weighted by Gasteiger charge is 2.57. The van der Waals surface area contributed by atoms with Crippen molar-refractivity contribution in [2.24, 2.45) is 5.92 Å². The maximum absolute atomic E-state index is 14.2. The number of fused-ring (bicyclic) bond motifs is 2. The van der Waals surface area contributed by atoms with Crippen molar-refractivity contribution in [3.63, 3.8) is 0 Å². The van der Waals surface area contributed by atoms with E-state index in [-0.39, 0.29) is 23.3 Å². The van der Waals surface area contributed by atoms with Crippen LogP contribution < -0.4 is 15.1 Å². The fourth-order valence-corrected chi connectivity index (χ4v) is 8.97. The van der Waals surface area contributed by atoms with Crippen LogP contribution in [-0.4, -0.2) is 40.1 Å². The number of anilines is 2. The normalized spacial score (nSPS) is 18.9. The standard InChI is InChI=1S/C36H32F3N3O6S2/c1-5-48-33(46)20-12-16-22(17-13-20)42-30(44)27-26(19-10-14-21(15-11-19)35(2,3)4)29-32(49-28(27)31(42)45)41(34(47)50-29)18-25(43)40-24-9-7-6-8-23(24)36(37,38)39/h6-17,26-28H,5,18H2,1-4H3,(H,40,43)/t26-,27?,28?/m1/s1. The number of nitrogens with one attached hydrogen (secondary N) is 1. The summed E-state index contributed by atoms with van der Waals surface area (Å²) in [7, 11) is 0. The van der Waals surface area contributed by atoms with Crippen LogP contribution in [0.2, 0.25) is 0 Å². The minimum Gasteiger partial charge on any atom is -0.462 e. The highest BCUT2D eigenvalue weighted by Crippen LogP contribution is 2.54. The molecular weight excluding hydrogens is 692 g/mol. The number of nitrogens with zero attached hydrogens (tertiary/aromatic N) is 2. The van der Waals surface area contributed by atoms with Gasteiger partial charge < -0.3 is 10.1 Å². The van der Waals surface area contributed by atoms with Gasteiger partial charge in [0, 0.05) is 10.8 Å². The molecule has 0 bridgehead atoms. The quantitative estimate of drug-likeness (QED) is 0.164. The van der Waals surface area contributed by atoms with Crippen molar-refractivity contribution < 1.29 is 37.1 Å². The second-order valence-electron chi connectivity index (χ2n) is 12.9. The fourth-order valence-electron chi connectivity index (χ4n) is 6.19. The third-order valence-corrected chi connectivity index (χ3v) is 11.2. The number of imide groups is 1. The van der Waals surface area contributed by atoms with Gasteiger partial charge in [0.05, 0.1) is 40.1 Å². The number of hydrogen-bond acceptors (Lipinski definition) is 8. The van der Waals surface area contributed by atoms with E-state index in [0.717, 1.165) is 50.3 Å². The second kappa shape index (κ2) is 13.2. The summed E-state index contributed by atoms with van der Waals surface area (Å²) in [5.74, 6) is -4.09. The van der Waals surface area contributed by atoms with Crippen LogP contribution in [0.5, 0.6) is 0 Å². The van der Waals surface area contributed by atoms with Crippen LogP contribution >= 0.6 is 23.1 Å². The van der Waals surface area contributed by atoms with Crippen molar-refractivity contribution in [1.82, 2.24) is 4.57 Å². The Bertz CT molecular complexity index is 2050. The second-order valence-corrected chi connectivity index (χ2v) is 15.0. The molecule has 4 aromatic rings. The number of thioether (sulfide) groups is 1. The average Bonchev–Trinajstić information content (AvgIpc) is 3.50. The van der Waals surface area contributed by atoms with Crippen molar-refractivity contribution in [2.75, 3.05) is 16.8 Å². The first-order valence-electron chi connectivity index (χ1n) is 15.7. The number of thiazole rings is 1. The number of ether oxygens (including phenoxy) is 1. The summed E-state index contributed by atoms with van der Waals surface area (Å²) in [6, 6.07) is 18.1. The maximum Gasteiger partial charge on any atom is 0.418 e. The molecule has 2 aliphatic rings. The lowest BCUT2D eigenvalue weighted by Crippen LogP contribution is -2.33. The Morgan fingerprint density at radius 3 is 2.18 bits per heavy atom. The summed E-state index contributed by atoms with van der Waals surface area (Å²) in [6.45, 7) is 7.42. The molecule has 9 nitrogen and oxygen atoms in total. The van der Waals surface area contributed by atoms with Gasteiger partial charge in [-0.15, -0.1) is 0 Å². The lowest BCUT2D eigenvalue weighted by Gasteiger charge is -2.31. The lowest BCUT2D eigenvalue weighted by molar-refractivity contribution is -0.137. The van der Waals surface area contributed by atoms with Gasteiger partial charge in [0.1, 0.15) is 11.8 Å². The third kappa shape index (κ3) is 6.49. The van der Waals surface area contributed by atoms with Gasteiger partial charge in [0.15, 0.2) is 0 Å². The minimum absolute atomic E-state index is 0.174. The predicted octanol–water partition coefficient (Wildman–Crippen LogP) is 6.84. The van der Waals surface area contributed by atoms with Crippen LogP contribution in [0.3, 0.4) is 0 Å². The molecule has 1 saturated heterocycles. The number of alkyl halides is 3. The van der Waals surface area contributed by atoms with Crippen molar-refractivity contribution >= 4 is 58.2 Å². The number of carbonyl (C=O) groups excluding carboxylic acids is 4. The van der Waals surface area contributed by atoms with Crippen LogP contribution in [0.25, 0.3) is 0 Å². The summed E-state index contributed by atoms with van der Waals surface area (Å²) in [5, 5.41) is 1.59. The summed E-state index contributed by atoms with van der Waals surface area (Å²) in [5.41, 5.74) is 0.567. The average molecular weight is 724 g/mol. The van der Waals surface area contributed by atoms with Gasteiger partial charge in [-0.25, -0.2) is 9.69 Å². The van der Waals surface area contributed by atoms with E-state index in [4.69, 9.17) is 4.74 Å². The van der Waals surface area contributed by atoms with Crippen LogP contribution in [0.4, 0.5) is 24.5 Å². The first kappa shape index (κ1) is 35.1. The smallest absolute Gasteiger partial charge is 0.418 e. The van der Waals surface area contributed by atoms with Gasteiger partial charge in [-0.05, 0) is 59.9 Å². The van der Waals surface area contributed by atoms with E-state index < -0.39 is 69.6 Å². The van der Waals surface area contributed by atoms with E-state index in [2.05, 4.69) is 26.1 Å². The Labute approximate surface area is 293 Å². The zero-order valence-corrected chi connectivity index (χ0v) is 29.0. The summed E-state index contributed by atoms with van der Waals surface area (Å²) in [6.07, 6.45) is -4.72. The summed E-state index contributed by atoms with van der Waals surface area (Å²) >= 11 is 1.83. The molecule has 1 fully saturated rings. The molecule has 3 heterocycles. The number of rotatable bonds is 7. The Balaban J connectivity index is 1.39. The van der Waals surface area contributed by atoms with Gasteiger partial charge in [-0.2, -0.15) is 13.2 Å². The Morgan fingerprint density at radius 1 is 0.900 bits per heavy atom. The number of halogens is 3. The summed E-state index contributed by atoms with van der Waals surface area (Å²) < 4.78 is 47.0. The Hall–Kier alpha value is -4.69. The van der Waals surface area contributed by atoms with Crippen LogP contribution in [0, 0.1) is 5.92 Å². The van der Waals surface area contributed by atoms with E-state index in [0.29, 0.717) is 15.5 Å². The number of benzene rings is 3. The number of aromatic nitrogens is 1. The van der Waals surface area contributed by atoms with E-state index in [1.54, 1.807) is 6.92 Å². The molecule has 3 aromatic carbocycles. The zero-order chi connectivity index (χ0) is 36.1. The topological polar surface area (TPSA) is 115 Å². The molecule has 14 heteroatoms. The number of esters is 1.